The summed E-state index contributed by atoms with van der Waals surface area (Å²) in [6.07, 6.45) is 2.07. The lowest BCUT2D eigenvalue weighted by Gasteiger charge is -2.16. The van der Waals surface area contributed by atoms with E-state index in [1.165, 1.54) is 0 Å². The predicted molar refractivity (Wildman–Crippen MR) is 87.1 cm³/mol. The van der Waals surface area contributed by atoms with Gasteiger partial charge in [0.2, 0.25) is 0 Å². The highest BCUT2D eigenvalue weighted by Gasteiger charge is 2.34. The summed E-state index contributed by atoms with van der Waals surface area (Å²) in [5.74, 6) is -1.76. The zero-order valence-corrected chi connectivity index (χ0v) is 13.7. The summed E-state index contributed by atoms with van der Waals surface area (Å²) in [5, 5.41) is 20.1. The van der Waals surface area contributed by atoms with Crippen molar-refractivity contribution in [2.75, 3.05) is 0 Å². The molecule has 2 aromatic rings. The lowest BCUT2D eigenvalue weighted by molar-refractivity contribution is -0.142. The van der Waals surface area contributed by atoms with Crippen LogP contribution in [0.1, 0.15) is 41.0 Å². The van der Waals surface area contributed by atoms with Crippen molar-refractivity contribution in [2.45, 2.75) is 39.2 Å². The van der Waals surface area contributed by atoms with E-state index in [1.54, 1.807) is 11.6 Å². The maximum absolute atomic E-state index is 12.5. The minimum Gasteiger partial charge on any atom is -0.481 e. The molecule has 0 bridgehead atoms. The molecule has 0 saturated heterocycles. The maximum atomic E-state index is 12.5. The van der Waals surface area contributed by atoms with Gasteiger partial charge in [-0.1, -0.05) is 29.3 Å². The number of nitrogens with zero attached hydrogens (tertiary/aromatic N) is 3. The third-order valence-electron chi connectivity index (χ3n) is 4.54. The number of hydrogen-bond donors (Lipinski definition) is 2. The van der Waals surface area contributed by atoms with Crippen LogP contribution in [0.4, 0.5) is 0 Å². The maximum Gasteiger partial charge on any atom is 0.308 e. The third kappa shape index (κ3) is 3.02. The second-order valence-electron chi connectivity index (χ2n) is 6.23. The summed E-state index contributed by atoms with van der Waals surface area (Å²) in [7, 11) is 0. The Morgan fingerprint density at radius 3 is 2.58 bits per heavy atom. The van der Waals surface area contributed by atoms with Crippen LogP contribution >= 0.6 is 0 Å². The number of amides is 1. The topological polar surface area (TPSA) is 97.1 Å². The van der Waals surface area contributed by atoms with Gasteiger partial charge in [0, 0.05) is 6.04 Å². The van der Waals surface area contributed by atoms with Gasteiger partial charge in [-0.25, -0.2) is 4.68 Å². The number of hydrogen-bond acceptors (Lipinski definition) is 4. The van der Waals surface area contributed by atoms with Gasteiger partial charge >= 0.3 is 5.97 Å². The Morgan fingerprint density at radius 1 is 1.21 bits per heavy atom. The average Bonchev–Trinajstić information content (AvgIpc) is 3.15. The van der Waals surface area contributed by atoms with Crippen LogP contribution in [-0.4, -0.2) is 38.0 Å². The normalized spacial score (nSPS) is 20.1. The van der Waals surface area contributed by atoms with Crippen molar-refractivity contribution in [2.24, 2.45) is 5.92 Å². The minimum absolute atomic E-state index is 0.228. The number of carbonyl (C=O) groups excluding carboxylic acids is 1. The lowest BCUT2D eigenvalue weighted by atomic mass is 10.0. The zero-order valence-electron chi connectivity index (χ0n) is 13.7. The van der Waals surface area contributed by atoms with E-state index in [2.05, 4.69) is 15.6 Å². The third-order valence-corrected chi connectivity index (χ3v) is 4.54. The van der Waals surface area contributed by atoms with Gasteiger partial charge in [-0.2, -0.15) is 0 Å². The fraction of sp³-hybridized carbons (Fsp3) is 0.412. The van der Waals surface area contributed by atoms with Crippen LogP contribution in [0.15, 0.2) is 24.3 Å². The predicted octanol–water partition coefficient (Wildman–Crippen LogP) is 1.87. The van der Waals surface area contributed by atoms with E-state index in [1.807, 2.05) is 31.2 Å². The van der Waals surface area contributed by atoms with Crippen molar-refractivity contribution in [3.05, 3.63) is 41.2 Å². The van der Waals surface area contributed by atoms with E-state index >= 15 is 0 Å². The van der Waals surface area contributed by atoms with E-state index in [0.717, 1.165) is 17.7 Å². The molecule has 1 aromatic carbocycles. The molecule has 1 saturated carbocycles. The Balaban J connectivity index is 1.79. The molecule has 126 valence electrons. The summed E-state index contributed by atoms with van der Waals surface area (Å²) in [6, 6.07) is 7.41. The van der Waals surface area contributed by atoms with Gasteiger partial charge in [-0.3, -0.25) is 9.59 Å². The average molecular weight is 328 g/mol. The molecule has 3 rings (SSSR count). The summed E-state index contributed by atoms with van der Waals surface area (Å²) >= 11 is 0. The molecule has 1 aliphatic rings. The highest BCUT2D eigenvalue weighted by molar-refractivity contribution is 5.93. The molecule has 7 nitrogen and oxygen atoms in total. The van der Waals surface area contributed by atoms with Crippen LogP contribution in [0.2, 0.25) is 0 Å². The first kappa shape index (κ1) is 16.2. The molecule has 24 heavy (non-hydrogen) atoms. The van der Waals surface area contributed by atoms with Crippen molar-refractivity contribution in [1.29, 1.82) is 0 Å². The number of aliphatic carboxylic acids is 1. The van der Waals surface area contributed by atoms with E-state index in [9.17, 15) is 14.7 Å². The Hall–Kier alpha value is -2.70. The molecule has 7 heteroatoms. The summed E-state index contributed by atoms with van der Waals surface area (Å²) in [4.78, 5) is 23.7. The van der Waals surface area contributed by atoms with Gasteiger partial charge in [0.25, 0.3) is 5.91 Å². The Labute approximate surface area is 139 Å². The van der Waals surface area contributed by atoms with E-state index < -0.39 is 11.9 Å². The SMILES string of the molecule is Cc1ccc(-n2nnc(C(=O)N[C@@H]3CCC[C@@H]3C(=O)O)c2C)cc1. The highest BCUT2D eigenvalue weighted by atomic mass is 16.4. The van der Waals surface area contributed by atoms with Crippen LogP contribution in [-0.2, 0) is 4.79 Å². The number of aromatic nitrogens is 3. The summed E-state index contributed by atoms with van der Waals surface area (Å²) < 4.78 is 1.61. The quantitative estimate of drug-likeness (QED) is 0.893. The number of carbonyl (C=O) groups is 2. The van der Waals surface area contributed by atoms with E-state index in [0.29, 0.717) is 18.5 Å². The monoisotopic (exact) mass is 328 g/mol. The van der Waals surface area contributed by atoms with Crippen molar-refractivity contribution in [1.82, 2.24) is 20.3 Å². The van der Waals surface area contributed by atoms with Gasteiger partial charge in [0.15, 0.2) is 5.69 Å². The molecule has 0 radical (unpaired) electrons. The van der Waals surface area contributed by atoms with Crippen LogP contribution in [0.25, 0.3) is 5.69 Å². The van der Waals surface area contributed by atoms with Crippen LogP contribution in [0, 0.1) is 19.8 Å². The first-order valence-corrected chi connectivity index (χ1v) is 8.00. The molecule has 1 fully saturated rings. The van der Waals surface area contributed by atoms with Gasteiger partial charge in [0.1, 0.15) is 0 Å². The highest BCUT2D eigenvalue weighted by Crippen LogP contribution is 2.26. The van der Waals surface area contributed by atoms with Crippen molar-refractivity contribution >= 4 is 11.9 Å². The molecule has 2 N–H and O–H groups in total. The Kier molecular flexibility index (Phi) is 4.33. The molecule has 0 aliphatic heterocycles. The number of aryl methyl sites for hydroxylation is 1. The molecule has 2 atom stereocenters. The standard InChI is InChI=1S/C17H20N4O3/c1-10-6-8-12(9-7-10)21-11(2)15(19-20-21)16(22)18-14-5-3-4-13(14)17(23)24/h6-9,13-14H,3-5H2,1-2H3,(H,18,22)(H,23,24)/t13-,14+/m0/s1. The number of carboxylic acids is 1. The van der Waals surface area contributed by atoms with Gasteiger partial charge in [0.05, 0.1) is 17.3 Å². The molecule has 0 unspecified atom stereocenters. The zero-order chi connectivity index (χ0) is 17.3. The lowest BCUT2D eigenvalue weighted by Crippen LogP contribution is -2.40. The Bertz CT molecular complexity index is 767. The first-order valence-electron chi connectivity index (χ1n) is 8.00. The number of nitrogens with one attached hydrogen (secondary N) is 1. The Morgan fingerprint density at radius 2 is 1.92 bits per heavy atom. The molecule has 0 spiro atoms. The largest absolute Gasteiger partial charge is 0.481 e. The number of rotatable bonds is 4. The molecule has 1 aliphatic carbocycles. The van der Waals surface area contributed by atoms with Crippen LogP contribution < -0.4 is 5.32 Å². The fourth-order valence-corrected chi connectivity index (χ4v) is 3.14. The number of benzene rings is 1. The molecular weight excluding hydrogens is 308 g/mol. The van der Waals surface area contributed by atoms with Crippen LogP contribution in [0.3, 0.4) is 0 Å². The van der Waals surface area contributed by atoms with Crippen LogP contribution in [0.5, 0.6) is 0 Å². The summed E-state index contributed by atoms with van der Waals surface area (Å²) in [6.45, 7) is 3.77. The smallest absolute Gasteiger partial charge is 0.308 e. The molecular formula is C17H20N4O3. The molecule has 1 aromatic heterocycles. The van der Waals surface area contributed by atoms with Gasteiger partial charge in [-0.15, -0.1) is 5.10 Å². The van der Waals surface area contributed by atoms with Crippen molar-refractivity contribution in [3.8, 4) is 5.69 Å². The second kappa shape index (κ2) is 6.43. The number of carboxylic acid groups (broad SMARTS) is 1. The van der Waals surface area contributed by atoms with Crippen molar-refractivity contribution in [3.63, 3.8) is 0 Å². The molecule has 1 heterocycles. The first-order chi connectivity index (χ1) is 11.5. The van der Waals surface area contributed by atoms with E-state index in [-0.39, 0.29) is 17.6 Å². The van der Waals surface area contributed by atoms with Gasteiger partial charge < -0.3 is 10.4 Å². The molecule has 1 amide bonds. The van der Waals surface area contributed by atoms with Crippen molar-refractivity contribution < 1.29 is 14.7 Å². The van der Waals surface area contributed by atoms with E-state index in [4.69, 9.17) is 0 Å². The van der Waals surface area contributed by atoms with Gasteiger partial charge in [-0.05, 0) is 38.8 Å². The fourth-order valence-electron chi connectivity index (χ4n) is 3.14. The summed E-state index contributed by atoms with van der Waals surface area (Å²) in [5.41, 5.74) is 2.82. The minimum atomic E-state index is -0.863. The second-order valence-corrected chi connectivity index (χ2v) is 6.23.